The number of halogens is 1. The standard InChI is InChI=1S/C14H14ClN3O2/c1-18(9-3-5-10(20-2)6-4-9)14(19)11-7-13(15)17-8-12(11)16/h3-8H,16H2,1-2H3. The van der Waals surface area contributed by atoms with E-state index in [1.54, 1.807) is 38.4 Å². The van der Waals surface area contributed by atoms with Crippen LogP contribution in [0.2, 0.25) is 5.15 Å². The van der Waals surface area contributed by atoms with Gasteiger partial charge in [0.05, 0.1) is 24.6 Å². The van der Waals surface area contributed by atoms with Crippen molar-refractivity contribution in [2.45, 2.75) is 0 Å². The zero-order valence-corrected chi connectivity index (χ0v) is 11.9. The van der Waals surface area contributed by atoms with E-state index in [4.69, 9.17) is 22.1 Å². The second kappa shape index (κ2) is 5.79. The molecule has 104 valence electrons. The fraction of sp³-hybridized carbons (Fsp3) is 0.143. The summed E-state index contributed by atoms with van der Waals surface area (Å²) in [5, 5.41) is 0.227. The minimum Gasteiger partial charge on any atom is -0.497 e. The van der Waals surface area contributed by atoms with Crippen LogP contribution in [0.5, 0.6) is 5.75 Å². The molecule has 0 spiro atoms. The van der Waals surface area contributed by atoms with Crippen molar-refractivity contribution in [3.8, 4) is 5.75 Å². The Bertz CT molecular complexity index is 629. The maximum absolute atomic E-state index is 12.4. The summed E-state index contributed by atoms with van der Waals surface area (Å²) >= 11 is 5.80. The van der Waals surface area contributed by atoms with Crippen molar-refractivity contribution < 1.29 is 9.53 Å². The van der Waals surface area contributed by atoms with Crippen molar-refractivity contribution in [1.82, 2.24) is 4.98 Å². The predicted molar refractivity (Wildman–Crippen MR) is 79.4 cm³/mol. The average Bonchev–Trinajstić information content (AvgIpc) is 2.48. The largest absolute Gasteiger partial charge is 0.497 e. The Labute approximate surface area is 121 Å². The predicted octanol–water partition coefficient (Wildman–Crippen LogP) is 2.60. The smallest absolute Gasteiger partial charge is 0.260 e. The molecular weight excluding hydrogens is 278 g/mol. The van der Waals surface area contributed by atoms with E-state index in [1.165, 1.54) is 17.2 Å². The third-order valence-electron chi connectivity index (χ3n) is 2.90. The molecule has 0 aliphatic carbocycles. The van der Waals surface area contributed by atoms with Gasteiger partial charge >= 0.3 is 0 Å². The van der Waals surface area contributed by atoms with Crippen molar-refractivity contribution in [3.05, 3.63) is 47.2 Å². The van der Waals surface area contributed by atoms with Gasteiger partial charge in [-0.3, -0.25) is 4.79 Å². The number of anilines is 2. The van der Waals surface area contributed by atoms with Crippen molar-refractivity contribution in [2.75, 3.05) is 24.8 Å². The molecule has 1 aromatic carbocycles. The number of methoxy groups -OCH3 is 1. The molecule has 2 rings (SSSR count). The van der Waals surface area contributed by atoms with E-state index in [0.717, 1.165) is 11.4 Å². The molecule has 0 aliphatic rings. The first-order chi connectivity index (χ1) is 9.52. The number of nitrogens with zero attached hydrogens (tertiary/aromatic N) is 2. The van der Waals surface area contributed by atoms with Gasteiger partial charge in [0.1, 0.15) is 10.9 Å². The van der Waals surface area contributed by atoms with Gasteiger partial charge in [0, 0.05) is 12.7 Å². The molecule has 2 aromatic rings. The van der Waals surface area contributed by atoms with Crippen LogP contribution in [0, 0.1) is 0 Å². The van der Waals surface area contributed by atoms with E-state index >= 15 is 0 Å². The number of nitrogens with two attached hydrogens (primary N) is 1. The van der Waals surface area contributed by atoms with Crippen LogP contribution in [0.4, 0.5) is 11.4 Å². The number of rotatable bonds is 3. The topological polar surface area (TPSA) is 68.5 Å². The molecule has 6 heteroatoms. The summed E-state index contributed by atoms with van der Waals surface area (Å²) in [4.78, 5) is 17.7. The van der Waals surface area contributed by atoms with Gasteiger partial charge in [-0.1, -0.05) is 11.6 Å². The monoisotopic (exact) mass is 291 g/mol. The lowest BCUT2D eigenvalue weighted by molar-refractivity contribution is 0.0993. The third-order valence-corrected chi connectivity index (χ3v) is 3.10. The summed E-state index contributed by atoms with van der Waals surface area (Å²) in [5.41, 5.74) is 7.10. The molecule has 1 aromatic heterocycles. The summed E-state index contributed by atoms with van der Waals surface area (Å²) in [6.07, 6.45) is 1.37. The van der Waals surface area contributed by atoms with Crippen LogP contribution >= 0.6 is 11.6 Å². The van der Waals surface area contributed by atoms with Crippen LogP contribution < -0.4 is 15.4 Å². The van der Waals surface area contributed by atoms with E-state index in [9.17, 15) is 4.79 Å². The van der Waals surface area contributed by atoms with Crippen LogP contribution in [0.15, 0.2) is 36.5 Å². The van der Waals surface area contributed by atoms with Gasteiger partial charge in [-0.15, -0.1) is 0 Å². The first-order valence-electron chi connectivity index (χ1n) is 5.86. The van der Waals surface area contributed by atoms with E-state index < -0.39 is 0 Å². The Kier molecular flexibility index (Phi) is 4.10. The number of nitrogen functional groups attached to an aromatic ring is 1. The fourth-order valence-corrected chi connectivity index (χ4v) is 1.89. The minimum absolute atomic E-state index is 0.227. The molecular formula is C14H14ClN3O2. The van der Waals surface area contributed by atoms with E-state index in [0.29, 0.717) is 11.3 Å². The number of benzene rings is 1. The molecule has 0 fully saturated rings. The zero-order chi connectivity index (χ0) is 14.7. The van der Waals surface area contributed by atoms with Gasteiger partial charge < -0.3 is 15.4 Å². The second-order valence-corrected chi connectivity index (χ2v) is 4.54. The maximum atomic E-state index is 12.4. The number of carbonyl (C=O) groups is 1. The Balaban J connectivity index is 2.29. The van der Waals surface area contributed by atoms with Crippen molar-refractivity contribution in [2.24, 2.45) is 0 Å². The highest BCUT2D eigenvalue weighted by atomic mass is 35.5. The number of hydrogen-bond acceptors (Lipinski definition) is 4. The van der Waals surface area contributed by atoms with Crippen molar-refractivity contribution >= 4 is 28.9 Å². The van der Waals surface area contributed by atoms with Gasteiger partial charge in [0.15, 0.2) is 0 Å². The highest BCUT2D eigenvalue weighted by Crippen LogP contribution is 2.22. The van der Waals surface area contributed by atoms with E-state index in [-0.39, 0.29) is 11.1 Å². The second-order valence-electron chi connectivity index (χ2n) is 4.16. The summed E-state index contributed by atoms with van der Waals surface area (Å²) in [5.74, 6) is 0.470. The van der Waals surface area contributed by atoms with Gasteiger partial charge in [-0.05, 0) is 30.3 Å². The first-order valence-corrected chi connectivity index (χ1v) is 6.24. The Morgan fingerprint density at radius 1 is 1.35 bits per heavy atom. The average molecular weight is 292 g/mol. The zero-order valence-electron chi connectivity index (χ0n) is 11.1. The molecule has 5 nitrogen and oxygen atoms in total. The first kappa shape index (κ1) is 14.1. The molecule has 0 radical (unpaired) electrons. The normalized spacial score (nSPS) is 10.2. The number of ether oxygens (including phenoxy) is 1. The van der Waals surface area contributed by atoms with Gasteiger partial charge in [0.2, 0.25) is 0 Å². The lowest BCUT2D eigenvalue weighted by Gasteiger charge is -2.18. The number of amides is 1. The van der Waals surface area contributed by atoms with Crippen molar-refractivity contribution in [1.29, 1.82) is 0 Å². The molecule has 0 saturated carbocycles. The lowest BCUT2D eigenvalue weighted by Crippen LogP contribution is -2.27. The number of hydrogen-bond donors (Lipinski definition) is 1. The van der Waals surface area contributed by atoms with Gasteiger partial charge in [-0.25, -0.2) is 4.98 Å². The minimum atomic E-state index is -0.253. The summed E-state index contributed by atoms with van der Waals surface area (Å²) in [6, 6.07) is 8.59. The number of carbonyl (C=O) groups excluding carboxylic acids is 1. The Morgan fingerprint density at radius 2 is 2.00 bits per heavy atom. The number of pyridine rings is 1. The highest BCUT2D eigenvalue weighted by Gasteiger charge is 2.17. The Hall–Kier alpha value is -2.27. The molecule has 20 heavy (non-hydrogen) atoms. The lowest BCUT2D eigenvalue weighted by atomic mass is 10.2. The fourth-order valence-electron chi connectivity index (χ4n) is 1.73. The molecule has 0 bridgehead atoms. The maximum Gasteiger partial charge on any atom is 0.260 e. The van der Waals surface area contributed by atoms with Crippen LogP contribution in [-0.2, 0) is 0 Å². The molecule has 2 N–H and O–H groups in total. The molecule has 1 heterocycles. The van der Waals surface area contributed by atoms with Crippen LogP contribution in [-0.4, -0.2) is 25.0 Å². The van der Waals surface area contributed by atoms with Crippen molar-refractivity contribution in [3.63, 3.8) is 0 Å². The van der Waals surface area contributed by atoms with Gasteiger partial charge in [-0.2, -0.15) is 0 Å². The van der Waals surface area contributed by atoms with E-state index in [2.05, 4.69) is 4.98 Å². The quantitative estimate of drug-likeness (QED) is 0.883. The molecule has 1 amide bonds. The Morgan fingerprint density at radius 3 is 2.60 bits per heavy atom. The summed E-state index contributed by atoms with van der Waals surface area (Å²) in [7, 11) is 3.25. The van der Waals surface area contributed by atoms with Gasteiger partial charge in [0.25, 0.3) is 5.91 Å². The van der Waals surface area contributed by atoms with E-state index in [1.807, 2.05) is 0 Å². The third kappa shape index (κ3) is 2.83. The van der Waals surface area contributed by atoms with Crippen LogP contribution in [0.1, 0.15) is 10.4 Å². The van der Waals surface area contributed by atoms with Crippen LogP contribution in [0.3, 0.4) is 0 Å². The molecule has 0 saturated heterocycles. The summed E-state index contributed by atoms with van der Waals surface area (Å²) < 4.78 is 5.08. The summed E-state index contributed by atoms with van der Waals surface area (Å²) in [6.45, 7) is 0. The highest BCUT2D eigenvalue weighted by molar-refractivity contribution is 6.30. The molecule has 0 atom stereocenters. The molecule has 0 unspecified atom stereocenters. The molecule has 0 aliphatic heterocycles. The number of aromatic nitrogens is 1. The SMILES string of the molecule is COc1ccc(N(C)C(=O)c2cc(Cl)ncc2N)cc1. The van der Waals surface area contributed by atoms with Crippen LogP contribution in [0.25, 0.3) is 0 Å².